The fourth-order valence-corrected chi connectivity index (χ4v) is 5.65. The Morgan fingerprint density at radius 2 is 1.93 bits per heavy atom. The van der Waals surface area contributed by atoms with Crippen LogP contribution in [0.1, 0.15) is 32.4 Å². The summed E-state index contributed by atoms with van der Waals surface area (Å²) in [5, 5.41) is 8.43. The number of thiazole rings is 1. The van der Waals surface area contributed by atoms with Gasteiger partial charge in [0.25, 0.3) is 0 Å². The number of benzene rings is 2. The number of nitrogens with zero attached hydrogens (tertiary/aromatic N) is 2. The number of nitrogens with one attached hydrogen (secondary N) is 1. The Labute approximate surface area is 181 Å². The van der Waals surface area contributed by atoms with Gasteiger partial charge in [0, 0.05) is 17.5 Å². The van der Waals surface area contributed by atoms with E-state index in [1.807, 2.05) is 25.3 Å². The van der Waals surface area contributed by atoms with Crippen LogP contribution in [-0.2, 0) is 10.3 Å². The van der Waals surface area contributed by atoms with E-state index in [0.717, 1.165) is 48.7 Å². The molecule has 3 aliphatic heterocycles. The molecule has 0 spiro atoms. The number of piperidine rings is 3. The summed E-state index contributed by atoms with van der Waals surface area (Å²) in [7, 11) is 0. The van der Waals surface area contributed by atoms with Gasteiger partial charge in [-0.25, -0.2) is 9.78 Å². The molecule has 0 radical (unpaired) electrons. The molecule has 3 fully saturated rings. The summed E-state index contributed by atoms with van der Waals surface area (Å²) in [6.45, 7) is 7.08. The lowest BCUT2D eigenvalue weighted by atomic mass is 9.86. The Morgan fingerprint density at radius 1 is 1.17 bits per heavy atom. The first-order valence-electron chi connectivity index (χ1n) is 10.6. The number of rotatable bonds is 4. The average molecular weight is 422 g/mol. The highest BCUT2D eigenvalue weighted by Gasteiger charge is 2.37. The lowest BCUT2D eigenvalue weighted by Gasteiger charge is -2.44. The third kappa shape index (κ3) is 3.70. The summed E-state index contributed by atoms with van der Waals surface area (Å²) >= 11 is 1.61. The van der Waals surface area contributed by atoms with Crippen molar-refractivity contribution in [2.24, 2.45) is 5.92 Å². The van der Waals surface area contributed by atoms with Crippen molar-refractivity contribution in [3.8, 4) is 10.6 Å². The topological polar surface area (TPSA) is 54.5 Å². The second-order valence-electron chi connectivity index (χ2n) is 8.90. The molecule has 4 heterocycles. The van der Waals surface area contributed by atoms with E-state index in [1.165, 1.54) is 10.8 Å². The van der Waals surface area contributed by atoms with Crippen molar-refractivity contribution in [3.05, 3.63) is 53.5 Å². The Hall–Kier alpha value is -2.44. The zero-order chi connectivity index (χ0) is 20.7. The van der Waals surface area contributed by atoms with Crippen LogP contribution < -0.4 is 5.32 Å². The van der Waals surface area contributed by atoms with Crippen molar-refractivity contribution in [3.63, 3.8) is 0 Å². The lowest BCUT2D eigenvalue weighted by molar-refractivity contribution is -0.0350. The highest BCUT2D eigenvalue weighted by Crippen LogP contribution is 2.34. The number of ether oxygens (including phenoxy) is 1. The molecule has 0 aliphatic carbocycles. The number of aromatic nitrogens is 1. The van der Waals surface area contributed by atoms with Gasteiger partial charge in [0.2, 0.25) is 0 Å². The van der Waals surface area contributed by atoms with Crippen LogP contribution in [0.5, 0.6) is 0 Å². The highest BCUT2D eigenvalue weighted by atomic mass is 32.1. The molecule has 1 N–H and O–H groups in total. The van der Waals surface area contributed by atoms with Crippen LogP contribution in [0, 0.1) is 5.92 Å². The van der Waals surface area contributed by atoms with Gasteiger partial charge in [0.15, 0.2) is 0 Å². The Morgan fingerprint density at radius 3 is 2.70 bits per heavy atom. The third-order valence-electron chi connectivity index (χ3n) is 6.43. The number of hydrogen-bond donors (Lipinski definition) is 1. The van der Waals surface area contributed by atoms with Crippen LogP contribution in [0.4, 0.5) is 4.79 Å². The van der Waals surface area contributed by atoms with Crippen molar-refractivity contribution in [1.29, 1.82) is 0 Å². The number of fused-ring (bicyclic) bond motifs is 4. The zero-order valence-electron chi connectivity index (χ0n) is 17.4. The molecule has 3 aliphatic rings. The molecular formula is C24H27N3O2S. The van der Waals surface area contributed by atoms with Crippen molar-refractivity contribution in [2.45, 2.75) is 38.3 Å². The van der Waals surface area contributed by atoms with Crippen molar-refractivity contribution >= 4 is 28.2 Å². The highest BCUT2D eigenvalue weighted by molar-refractivity contribution is 7.13. The van der Waals surface area contributed by atoms with E-state index >= 15 is 0 Å². The molecule has 3 aromatic rings. The van der Waals surface area contributed by atoms with E-state index in [0.29, 0.717) is 5.92 Å². The molecule has 156 valence electrons. The molecule has 6 heteroatoms. The van der Waals surface area contributed by atoms with Gasteiger partial charge < -0.3 is 10.1 Å². The number of carbonyl (C=O) groups excluding carboxylic acids is 1. The van der Waals surface area contributed by atoms with Gasteiger partial charge in [0.05, 0.1) is 11.2 Å². The van der Waals surface area contributed by atoms with Gasteiger partial charge in [-0.1, -0.05) is 42.5 Å². The predicted molar refractivity (Wildman–Crippen MR) is 121 cm³/mol. The minimum absolute atomic E-state index is 0.00461. The van der Waals surface area contributed by atoms with Crippen LogP contribution >= 0.6 is 11.3 Å². The maximum absolute atomic E-state index is 12.7. The second kappa shape index (κ2) is 7.67. The zero-order valence-corrected chi connectivity index (χ0v) is 18.2. The second-order valence-corrected chi connectivity index (χ2v) is 9.75. The van der Waals surface area contributed by atoms with E-state index in [4.69, 9.17) is 9.72 Å². The van der Waals surface area contributed by atoms with Crippen molar-refractivity contribution in [1.82, 2.24) is 15.2 Å². The summed E-state index contributed by atoms with van der Waals surface area (Å²) in [5.41, 5.74) is 1.36. The Kier molecular flexibility index (Phi) is 4.99. The van der Waals surface area contributed by atoms with Crippen LogP contribution in [0.15, 0.2) is 47.8 Å². The summed E-state index contributed by atoms with van der Waals surface area (Å²) in [4.78, 5) is 19.9. The van der Waals surface area contributed by atoms with Crippen LogP contribution in [-0.4, -0.2) is 41.7 Å². The van der Waals surface area contributed by atoms with Gasteiger partial charge >= 0.3 is 6.09 Å². The van der Waals surface area contributed by atoms with Gasteiger partial charge in [-0.2, -0.15) is 0 Å². The van der Waals surface area contributed by atoms with Crippen LogP contribution in [0.25, 0.3) is 21.3 Å². The number of carbonyl (C=O) groups is 1. The van der Waals surface area contributed by atoms with Crippen LogP contribution in [0.2, 0.25) is 0 Å². The van der Waals surface area contributed by atoms with Crippen LogP contribution in [0.3, 0.4) is 0 Å². The Balaban J connectivity index is 1.31. The van der Waals surface area contributed by atoms with E-state index in [1.54, 1.807) is 11.3 Å². The first-order chi connectivity index (χ1) is 14.5. The molecule has 1 atom stereocenters. The number of hydrogen-bond acceptors (Lipinski definition) is 5. The fraction of sp³-hybridized carbons (Fsp3) is 0.417. The smallest absolute Gasteiger partial charge is 0.408 e. The molecule has 5 nitrogen and oxygen atoms in total. The summed E-state index contributed by atoms with van der Waals surface area (Å²) in [5.74, 6) is 0.501. The molecule has 6 rings (SSSR count). The monoisotopic (exact) mass is 421 g/mol. The third-order valence-corrected chi connectivity index (χ3v) is 7.31. The Bertz CT molecular complexity index is 1060. The molecule has 1 amide bonds. The normalized spacial score (nSPS) is 23.5. The molecule has 3 saturated heterocycles. The standard InChI is InChI=1S/C24H27N3O2S/c1-24(2,26-23(28)29-20-14-27-12-10-17(20)11-13-27)21-15-30-22(25-21)19-9-5-7-16-6-3-4-8-18(16)19/h3-9,15,17,20H,10-14H2,1-2H3,(H,26,28)/t20-/m1/s1. The van der Waals surface area contributed by atoms with E-state index in [-0.39, 0.29) is 12.2 Å². The molecule has 30 heavy (non-hydrogen) atoms. The van der Waals surface area contributed by atoms with E-state index in [2.05, 4.69) is 46.6 Å². The quantitative estimate of drug-likeness (QED) is 0.643. The number of alkyl carbamates (subject to hydrolysis) is 1. The van der Waals surface area contributed by atoms with Gasteiger partial charge in [0.1, 0.15) is 11.1 Å². The lowest BCUT2D eigenvalue weighted by Crippen LogP contribution is -2.53. The molecule has 0 unspecified atom stereocenters. The van der Waals surface area contributed by atoms with Crippen molar-refractivity contribution < 1.29 is 9.53 Å². The average Bonchev–Trinajstić information content (AvgIpc) is 3.25. The minimum atomic E-state index is -0.607. The molecule has 2 aromatic carbocycles. The molecular weight excluding hydrogens is 394 g/mol. The van der Waals surface area contributed by atoms with Gasteiger partial charge in [-0.15, -0.1) is 11.3 Å². The van der Waals surface area contributed by atoms with E-state index in [9.17, 15) is 4.79 Å². The summed E-state index contributed by atoms with van der Waals surface area (Å²) < 4.78 is 5.82. The van der Waals surface area contributed by atoms with E-state index < -0.39 is 5.54 Å². The van der Waals surface area contributed by atoms with Gasteiger partial charge in [-0.05, 0) is 56.5 Å². The number of amides is 1. The minimum Gasteiger partial charge on any atom is -0.445 e. The maximum atomic E-state index is 12.7. The fourth-order valence-electron chi connectivity index (χ4n) is 4.63. The molecule has 0 saturated carbocycles. The summed E-state index contributed by atoms with van der Waals surface area (Å²) in [6, 6.07) is 14.6. The first-order valence-corrected chi connectivity index (χ1v) is 11.5. The summed E-state index contributed by atoms with van der Waals surface area (Å²) in [6.07, 6.45) is 1.91. The van der Waals surface area contributed by atoms with Crippen molar-refractivity contribution in [2.75, 3.05) is 19.6 Å². The largest absolute Gasteiger partial charge is 0.445 e. The maximum Gasteiger partial charge on any atom is 0.408 e. The SMILES string of the molecule is CC(C)(NC(=O)O[C@@H]1CN2CCC1CC2)c1csc(-c2cccc3ccccc23)n1. The van der Waals surface area contributed by atoms with Gasteiger partial charge in [-0.3, -0.25) is 4.90 Å². The predicted octanol–water partition coefficient (Wildman–Crippen LogP) is 5.02. The molecule has 2 bridgehead atoms. The molecule has 1 aromatic heterocycles. The first kappa shape index (κ1) is 19.5.